The molecule has 0 spiro atoms. The number of nitrogens with zero attached hydrogens (tertiary/aromatic N) is 2. The predicted molar refractivity (Wildman–Crippen MR) is 101 cm³/mol. The van der Waals surface area contributed by atoms with Crippen molar-refractivity contribution in [2.75, 3.05) is 31.2 Å². The van der Waals surface area contributed by atoms with Gasteiger partial charge in [-0.3, -0.25) is 4.79 Å². The Kier molecular flexibility index (Phi) is 4.84. The Morgan fingerprint density at radius 3 is 2.96 bits per heavy atom. The summed E-state index contributed by atoms with van der Waals surface area (Å²) in [6.07, 6.45) is 4.07. The summed E-state index contributed by atoms with van der Waals surface area (Å²) in [5.74, 6) is 0.955. The van der Waals surface area contributed by atoms with Gasteiger partial charge in [-0.15, -0.1) is 0 Å². The number of amides is 1. The number of hydrogen-bond donors (Lipinski definition) is 2. The number of nitrogens with one attached hydrogen (secondary N) is 2. The molecule has 1 saturated heterocycles. The molecule has 1 fully saturated rings. The van der Waals surface area contributed by atoms with E-state index in [4.69, 9.17) is 4.74 Å². The number of fused-ring (bicyclic) bond motifs is 1. The number of carbonyl (C=O) groups is 1. The molecule has 1 aromatic carbocycles. The first-order chi connectivity index (χ1) is 12.8. The fourth-order valence-corrected chi connectivity index (χ4v) is 3.25. The fourth-order valence-electron chi connectivity index (χ4n) is 3.25. The Balaban J connectivity index is 1.37. The Morgan fingerprint density at radius 2 is 2.08 bits per heavy atom. The molecule has 0 saturated carbocycles. The Hall–Kier alpha value is -2.86. The molecule has 3 aromatic rings. The molecule has 0 unspecified atom stereocenters. The maximum Gasteiger partial charge on any atom is 0.224 e. The van der Waals surface area contributed by atoms with Crippen LogP contribution in [0.25, 0.3) is 10.9 Å². The second-order valence-electron chi connectivity index (χ2n) is 6.43. The molecule has 0 bridgehead atoms. The molecular formula is C20H22N4O2. The smallest absolute Gasteiger partial charge is 0.224 e. The Labute approximate surface area is 152 Å². The molecule has 0 radical (unpaired) electrons. The minimum absolute atomic E-state index is 0.0134. The third-order valence-corrected chi connectivity index (χ3v) is 4.66. The minimum Gasteiger partial charge on any atom is -0.378 e. The summed E-state index contributed by atoms with van der Waals surface area (Å²) in [7, 11) is 0. The number of anilines is 1. The molecule has 6 nitrogen and oxygen atoms in total. The van der Waals surface area contributed by atoms with Crippen LogP contribution in [0.3, 0.4) is 0 Å². The van der Waals surface area contributed by atoms with Crippen molar-refractivity contribution in [2.45, 2.75) is 13.0 Å². The number of benzene rings is 1. The maximum atomic E-state index is 12.3. The first-order valence-corrected chi connectivity index (χ1v) is 8.89. The van der Waals surface area contributed by atoms with Gasteiger partial charge in [0.2, 0.25) is 5.91 Å². The third-order valence-electron chi connectivity index (χ3n) is 4.66. The summed E-state index contributed by atoms with van der Waals surface area (Å²) in [5.41, 5.74) is 3.12. The monoisotopic (exact) mass is 350 g/mol. The van der Waals surface area contributed by atoms with Crippen LogP contribution >= 0.6 is 0 Å². The molecule has 26 heavy (non-hydrogen) atoms. The largest absolute Gasteiger partial charge is 0.378 e. The SMILES string of the molecule is O=C(Cc1c[nH]c2ccccc12)NCc1ccnc(N2CCOCC2)c1. The highest BCUT2D eigenvalue weighted by Crippen LogP contribution is 2.18. The standard InChI is InChI=1S/C20H22N4O2/c25-20(12-16-14-22-18-4-2-1-3-17(16)18)23-13-15-5-6-21-19(11-15)24-7-9-26-10-8-24/h1-6,11,14,22H,7-10,12-13H2,(H,23,25). The molecule has 2 aromatic heterocycles. The van der Waals surface area contributed by atoms with Crippen molar-refractivity contribution >= 4 is 22.6 Å². The van der Waals surface area contributed by atoms with Crippen LogP contribution in [0, 0.1) is 0 Å². The van der Waals surface area contributed by atoms with Gasteiger partial charge in [0.1, 0.15) is 5.82 Å². The lowest BCUT2D eigenvalue weighted by Gasteiger charge is -2.28. The van der Waals surface area contributed by atoms with Gasteiger partial charge in [-0.25, -0.2) is 4.98 Å². The van der Waals surface area contributed by atoms with Crippen molar-refractivity contribution < 1.29 is 9.53 Å². The zero-order valence-corrected chi connectivity index (χ0v) is 14.6. The van der Waals surface area contributed by atoms with E-state index in [0.29, 0.717) is 13.0 Å². The van der Waals surface area contributed by atoms with Gasteiger partial charge in [0, 0.05) is 42.9 Å². The summed E-state index contributed by atoms with van der Waals surface area (Å²) in [5, 5.41) is 4.11. The van der Waals surface area contributed by atoms with Gasteiger partial charge in [-0.2, -0.15) is 0 Å². The number of H-pyrrole nitrogens is 1. The van der Waals surface area contributed by atoms with E-state index in [2.05, 4.69) is 20.2 Å². The van der Waals surface area contributed by atoms with Crippen molar-refractivity contribution in [1.82, 2.24) is 15.3 Å². The van der Waals surface area contributed by atoms with Crippen molar-refractivity contribution in [1.29, 1.82) is 0 Å². The molecule has 1 amide bonds. The number of ether oxygens (including phenoxy) is 1. The number of rotatable bonds is 5. The van der Waals surface area contributed by atoms with Gasteiger partial charge >= 0.3 is 0 Å². The van der Waals surface area contributed by atoms with Crippen LogP contribution in [0.5, 0.6) is 0 Å². The molecular weight excluding hydrogens is 328 g/mol. The number of aromatic nitrogens is 2. The second kappa shape index (κ2) is 7.58. The summed E-state index contributed by atoms with van der Waals surface area (Å²) in [6, 6.07) is 12.0. The van der Waals surface area contributed by atoms with E-state index >= 15 is 0 Å². The van der Waals surface area contributed by atoms with E-state index in [1.807, 2.05) is 42.6 Å². The van der Waals surface area contributed by atoms with E-state index < -0.39 is 0 Å². The van der Waals surface area contributed by atoms with Crippen LogP contribution in [0.2, 0.25) is 0 Å². The van der Waals surface area contributed by atoms with Crippen LogP contribution in [0.1, 0.15) is 11.1 Å². The van der Waals surface area contributed by atoms with Gasteiger partial charge in [0.05, 0.1) is 19.6 Å². The van der Waals surface area contributed by atoms with E-state index in [0.717, 1.165) is 54.2 Å². The quantitative estimate of drug-likeness (QED) is 0.740. The summed E-state index contributed by atoms with van der Waals surface area (Å²) in [4.78, 5) is 22.2. The molecule has 6 heteroatoms. The van der Waals surface area contributed by atoms with Crippen molar-refractivity contribution in [2.24, 2.45) is 0 Å². The molecule has 1 aliphatic rings. The predicted octanol–water partition coefficient (Wildman–Crippen LogP) is 2.26. The highest BCUT2D eigenvalue weighted by molar-refractivity contribution is 5.88. The zero-order valence-electron chi connectivity index (χ0n) is 14.6. The number of morpholine rings is 1. The Morgan fingerprint density at radius 1 is 1.23 bits per heavy atom. The van der Waals surface area contributed by atoms with Crippen LogP contribution in [0.15, 0.2) is 48.8 Å². The fraction of sp³-hybridized carbons (Fsp3) is 0.300. The third kappa shape index (κ3) is 3.70. The van der Waals surface area contributed by atoms with E-state index in [1.54, 1.807) is 6.20 Å². The van der Waals surface area contributed by atoms with Gasteiger partial charge in [0.25, 0.3) is 0 Å². The summed E-state index contributed by atoms with van der Waals surface area (Å²) >= 11 is 0. The minimum atomic E-state index is 0.0134. The van der Waals surface area contributed by atoms with E-state index in [-0.39, 0.29) is 5.91 Å². The Bertz CT molecular complexity index is 899. The van der Waals surface area contributed by atoms with Gasteiger partial charge in [-0.1, -0.05) is 18.2 Å². The van der Waals surface area contributed by atoms with E-state index in [9.17, 15) is 4.79 Å². The average molecular weight is 350 g/mol. The molecule has 134 valence electrons. The topological polar surface area (TPSA) is 70.2 Å². The normalized spacial score (nSPS) is 14.5. The molecule has 1 aliphatic heterocycles. The summed E-state index contributed by atoms with van der Waals surface area (Å²) in [6.45, 7) is 3.66. The number of hydrogen-bond acceptors (Lipinski definition) is 4. The average Bonchev–Trinajstić information content (AvgIpc) is 3.10. The zero-order chi connectivity index (χ0) is 17.8. The molecule has 2 N–H and O–H groups in total. The van der Waals surface area contributed by atoms with Crippen LogP contribution in [0.4, 0.5) is 5.82 Å². The van der Waals surface area contributed by atoms with Crippen molar-refractivity contribution in [3.8, 4) is 0 Å². The first kappa shape index (κ1) is 16.6. The highest BCUT2D eigenvalue weighted by atomic mass is 16.5. The van der Waals surface area contributed by atoms with Gasteiger partial charge in [-0.05, 0) is 29.3 Å². The lowest BCUT2D eigenvalue weighted by molar-refractivity contribution is -0.120. The second-order valence-corrected chi connectivity index (χ2v) is 6.43. The maximum absolute atomic E-state index is 12.3. The summed E-state index contributed by atoms with van der Waals surface area (Å²) < 4.78 is 5.38. The van der Waals surface area contributed by atoms with E-state index in [1.165, 1.54) is 0 Å². The lowest BCUT2D eigenvalue weighted by atomic mass is 10.1. The molecule has 4 rings (SSSR count). The highest BCUT2D eigenvalue weighted by Gasteiger charge is 2.13. The van der Waals surface area contributed by atoms with Crippen molar-refractivity contribution in [3.63, 3.8) is 0 Å². The van der Waals surface area contributed by atoms with Gasteiger partial charge < -0.3 is 19.9 Å². The van der Waals surface area contributed by atoms with Crippen LogP contribution in [-0.4, -0.2) is 42.2 Å². The van der Waals surface area contributed by atoms with Crippen LogP contribution in [-0.2, 0) is 22.5 Å². The number of para-hydroxylation sites is 1. The number of pyridine rings is 1. The number of carbonyl (C=O) groups excluding carboxylic acids is 1. The molecule has 0 atom stereocenters. The van der Waals surface area contributed by atoms with Gasteiger partial charge in [0.15, 0.2) is 0 Å². The van der Waals surface area contributed by atoms with Crippen LogP contribution < -0.4 is 10.2 Å². The van der Waals surface area contributed by atoms with Crippen molar-refractivity contribution in [3.05, 3.63) is 59.9 Å². The molecule has 3 heterocycles. The lowest BCUT2D eigenvalue weighted by Crippen LogP contribution is -2.36. The molecule has 0 aliphatic carbocycles. The first-order valence-electron chi connectivity index (χ1n) is 8.89. The number of aromatic amines is 1.